The van der Waals surface area contributed by atoms with E-state index in [1.807, 2.05) is 0 Å². The number of Topliss-reactive ketones (excluding diaryl/α,β-unsaturated/α-hetero) is 1. The standard InChI is InChI=1S/C23H21BrN2O7/c24-16-9-5-14(6-10-16)20-19(21(29)15-7-11-17(12-8-15)26(32)33)22(30)23(31)25(20)13-3-1-2-4-18(27)28/h5-12,20,29H,1-4,13H2,(H,27,28)/b21-19+/t20-/m0/s1. The molecule has 1 atom stereocenters. The van der Waals surface area contributed by atoms with Crippen LogP contribution in [0.5, 0.6) is 0 Å². The van der Waals surface area contributed by atoms with Gasteiger partial charge in [0.2, 0.25) is 0 Å². The summed E-state index contributed by atoms with van der Waals surface area (Å²) in [5.41, 5.74) is 0.535. The molecule has 1 fully saturated rings. The molecule has 33 heavy (non-hydrogen) atoms. The summed E-state index contributed by atoms with van der Waals surface area (Å²) in [4.78, 5) is 48.2. The van der Waals surface area contributed by atoms with Crippen molar-refractivity contribution in [3.8, 4) is 0 Å². The number of aliphatic hydroxyl groups excluding tert-OH is 1. The van der Waals surface area contributed by atoms with Crippen LogP contribution in [0, 0.1) is 10.1 Å². The molecule has 0 saturated carbocycles. The highest BCUT2D eigenvalue weighted by Gasteiger charge is 2.45. The van der Waals surface area contributed by atoms with Gasteiger partial charge >= 0.3 is 5.97 Å². The van der Waals surface area contributed by atoms with E-state index in [1.54, 1.807) is 24.3 Å². The molecule has 9 nitrogen and oxygen atoms in total. The van der Waals surface area contributed by atoms with Crippen molar-refractivity contribution in [3.63, 3.8) is 0 Å². The number of nitro benzene ring substituents is 1. The molecule has 1 aliphatic rings. The van der Waals surface area contributed by atoms with Crippen LogP contribution in [0.25, 0.3) is 5.76 Å². The van der Waals surface area contributed by atoms with E-state index in [9.17, 15) is 29.6 Å². The van der Waals surface area contributed by atoms with Gasteiger partial charge in [-0.05, 0) is 42.7 Å². The number of aliphatic carboxylic acids is 1. The van der Waals surface area contributed by atoms with Gasteiger partial charge in [-0.15, -0.1) is 0 Å². The molecule has 0 radical (unpaired) electrons. The molecule has 2 aromatic rings. The van der Waals surface area contributed by atoms with Crippen LogP contribution in [0.4, 0.5) is 5.69 Å². The monoisotopic (exact) mass is 516 g/mol. The van der Waals surface area contributed by atoms with E-state index in [0.717, 1.165) is 4.47 Å². The summed E-state index contributed by atoms with van der Waals surface area (Å²) in [5, 5.41) is 30.6. The molecule has 10 heteroatoms. The van der Waals surface area contributed by atoms with Crippen LogP contribution < -0.4 is 0 Å². The first-order valence-electron chi connectivity index (χ1n) is 10.2. The van der Waals surface area contributed by atoms with Gasteiger partial charge in [-0.3, -0.25) is 24.5 Å². The number of benzene rings is 2. The van der Waals surface area contributed by atoms with Crippen LogP contribution in [-0.2, 0) is 14.4 Å². The minimum atomic E-state index is -0.895. The second-order valence-electron chi connectivity index (χ2n) is 7.55. The number of carbonyl (C=O) groups is 3. The molecule has 0 aromatic heterocycles. The SMILES string of the molecule is O=C(O)CCCCCN1C(=O)C(=O)/C(=C(/O)c2ccc([N+](=O)[O-])cc2)[C@@H]1c1ccc(Br)cc1. The van der Waals surface area contributed by atoms with E-state index in [0.29, 0.717) is 24.8 Å². The average molecular weight is 517 g/mol. The van der Waals surface area contributed by atoms with Crippen LogP contribution in [0.2, 0.25) is 0 Å². The third-order valence-corrected chi connectivity index (χ3v) is 5.90. The summed E-state index contributed by atoms with van der Waals surface area (Å²) in [5.74, 6) is -2.91. The van der Waals surface area contributed by atoms with Crippen molar-refractivity contribution in [2.24, 2.45) is 0 Å². The third kappa shape index (κ3) is 5.46. The quantitative estimate of drug-likeness (QED) is 0.125. The van der Waals surface area contributed by atoms with Crippen molar-refractivity contribution in [1.29, 1.82) is 0 Å². The van der Waals surface area contributed by atoms with Crippen molar-refractivity contribution < 1.29 is 29.5 Å². The lowest BCUT2D eigenvalue weighted by Crippen LogP contribution is -2.30. The fourth-order valence-corrected chi connectivity index (χ4v) is 4.00. The molecule has 2 aromatic carbocycles. The number of hydrogen-bond donors (Lipinski definition) is 2. The van der Waals surface area contributed by atoms with Gasteiger partial charge in [0.05, 0.1) is 16.5 Å². The van der Waals surface area contributed by atoms with Gasteiger partial charge in [0.15, 0.2) is 0 Å². The Morgan fingerprint density at radius 2 is 1.64 bits per heavy atom. The summed E-state index contributed by atoms with van der Waals surface area (Å²) in [6.45, 7) is 0.210. The first-order chi connectivity index (χ1) is 15.7. The van der Waals surface area contributed by atoms with Gasteiger partial charge in [0.25, 0.3) is 17.4 Å². The predicted octanol–water partition coefficient (Wildman–Crippen LogP) is 4.42. The summed E-state index contributed by atoms with van der Waals surface area (Å²) < 4.78 is 0.798. The smallest absolute Gasteiger partial charge is 0.303 e. The summed E-state index contributed by atoms with van der Waals surface area (Å²) in [6.07, 6.45) is 1.52. The highest BCUT2D eigenvalue weighted by Crippen LogP contribution is 2.40. The van der Waals surface area contributed by atoms with Crippen LogP contribution in [-0.4, -0.2) is 44.2 Å². The third-order valence-electron chi connectivity index (χ3n) is 5.37. The molecule has 0 bridgehead atoms. The average Bonchev–Trinajstić information content (AvgIpc) is 3.03. The topological polar surface area (TPSA) is 138 Å². The number of carbonyl (C=O) groups excluding carboxylic acids is 2. The molecule has 2 N–H and O–H groups in total. The van der Waals surface area contributed by atoms with Gasteiger partial charge in [-0.2, -0.15) is 0 Å². The molecule has 1 amide bonds. The molecule has 1 aliphatic heterocycles. The molecule has 0 unspecified atom stereocenters. The molecular formula is C23H21BrN2O7. The number of hydrogen-bond acceptors (Lipinski definition) is 6. The van der Waals surface area contributed by atoms with Crippen molar-refractivity contribution in [2.75, 3.05) is 6.54 Å². The lowest BCUT2D eigenvalue weighted by atomic mass is 9.95. The number of unbranched alkanes of at least 4 members (excludes halogenated alkanes) is 2. The summed E-state index contributed by atoms with van der Waals surface area (Å²) >= 11 is 3.35. The number of carboxylic acids is 1. The number of nitro groups is 1. The molecular weight excluding hydrogens is 496 g/mol. The van der Waals surface area contributed by atoms with Crippen LogP contribution in [0.1, 0.15) is 42.9 Å². The first-order valence-corrected chi connectivity index (χ1v) is 11.0. The Balaban J connectivity index is 1.97. The number of amides is 1. The Bertz CT molecular complexity index is 1110. The second-order valence-corrected chi connectivity index (χ2v) is 8.47. The Morgan fingerprint density at radius 3 is 2.21 bits per heavy atom. The van der Waals surface area contributed by atoms with E-state index in [-0.39, 0.29) is 29.8 Å². The number of likely N-dealkylation sites (tertiary alicyclic amines) is 1. The van der Waals surface area contributed by atoms with Gasteiger partial charge < -0.3 is 15.1 Å². The zero-order valence-corrected chi connectivity index (χ0v) is 19.0. The summed E-state index contributed by atoms with van der Waals surface area (Å²) in [7, 11) is 0. The minimum absolute atomic E-state index is 0.0229. The van der Waals surface area contributed by atoms with Gasteiger partial charge in [0.1, 0.15) is 5.76 Å². The number of nitrogens with zero attached hydrogens (tertiary/aromatic N) is 2. The number of carboxylic acid groups (broad SMARTS) is 1. The van der Waals surface area contributed by atoms with Crippen molar-refractivity contribution >= 4 is 45.0 Å². The number of rotatable bonds is 9. The van der Waals surface area contributed by atoms with Gasteiger partial charge in [-0.25, -0.2) is 0 Å². The zero-order chi connectivity index (χ0) is 24.1. The zero-order valence-electron chi connectivity index (χ0n) is 17.4. The lowest BCUT2D eigenvalue weighted by molar-refractivity contribution is -0.384. The Kier molecular flexibility index (Phi) is 7.59. The lowest BCUT2D eigenvalue weighted by Gasteiger charge is -2.25. The van der Waals surface area contributed by atoms with E-state index < -0.39 is 34.4 Å². The largest absolute Gasteiger partial charge is 0.507 e. The molecule has 1 saturated heterocycles. The maximum Gasteiger partial charge on any atom is 0.303 e. The normalized spacial score (nSPS) is 17.4. The Hall–Kier alpha value is -3.53. The number of non-ortho nitro benzene ring substituents is 1. The second kappa shape index (κ2) is 10.4. The molecule has 172 valence electrons. The first kappa shape index (κ1) is 24.1. The molecule has 1 heterocycles. The van der Waals surface area contributed by atoms with Gasteiger partial charge in [0, 0.05) is 35.1 Å². The van der Waals surface area contributed by atoms with Crippen molar-refractivity contribution in [1.82, 2.24) is 4.90 Å². The molecule has 0 spiro atoms. The van der Waals surface area contributed by atoms with Crippen LogP contribution in [0.15, 0.2) is 58.6 Å². The maximum atomic E-state index is 12.9. The van der Waals surface area contributed by atoms with Gasteiger partial charge in [-0.1, -0.05) is 34.5 Å². The predicted molar refractivity (Wildman–Crippen MR) is 122 cm³/mol. The number of aliphatic hydroxyl groups is 1. The fraction of sp³-hybridized carbons (Fsp3) is 0.261. The highest BCUT2D eigenvalue weighted by atomic mass is 79.9. The van der Waals surface area contributed by atoms with E-state index in [4.69, 9.17) is 5.11 Å². The Morgan fingerprint density at radius 1 is 1.00 bits per heavy atom. The van der Waals surface area contributed by atoms with E-state index >= 15 is 0 Å². The minimum Gasteiger partial charge on any atom is -0.507 e. The summed E-state index contributed by atoms with van der Waals surface area (Å²) in [6, 6.07) is 11.2. The van der Waals surface area contributed by atoms with Crippen LogP contribution >= 0.6 is 15.9 Å². The number of ketones is 1. The fourth-order valence-electron chi connectivity index (χ4n) is 3.73. The van der Waals surface area contributed by atoms with Crippen molar-refractivity contribution in [2.45, 2.75) is 31.7 Å². The van der Waals surface area contributed by atoms with E-state index in [1.165, 1.54) is 29.2 Å². The molecule has 0 aliphatic carbocycles. The van der Waals surface area contributed by atoms with E-state index in [2.05, 4.69) is 15.9 Å². The maximum absolute atomic E-state index is 12.9. The van der Waals surface area contributed by atoms with Crippen molar-refractivity contribution in [3.05, 3.63) is 79.8 Å². The highest BCUT2D eigenvalue weighted by molar-refractivity contribution is 9.10. The Labute approximate surface area is 197 Å². The van der Waals surface area contributed by atoms with Crippen LogP contribution in [0.3, 0.4) is 0 Å². The number of halogens is 1. The molecule has 3 rings (SSSR count).